The van der Waals surface area contributed by atoms with Gasteiger partial charge in [0.05, 0.1) is 5.56 Å². The average Bonchev–Trinajstić information content (AvgIpc) is 3.00. The molecule has 1 aromatic rings. The maximum Gasteiger partial charge on any atom is 0.257 e. The second kappa shape index (κ2) is 8.33. The van der Waals surface area contributed by atoms with Crippen molar-refractivity contribution in [1.82, 2.24) is 10.2 Å². The molecule has 0 bridgehead atoms. The zero-order chi connectivity index (χ0) is 19.6. The zero-order valence-electron chi connectivity index (χ0n) is 15.6. The summed E-state index contributed by atoms with van der Waals surface area (Å²) in [5, 5.41) is 2.86. The van der Waals surface area contributed by atoms with Crippen molar-refractivity contribution in [3.63, 3.8) is 0 Å². The van der Waals surface area contributed by atoms with E-state index in [0.717, 1.165) is 37.8 Å². The van der Waals surface area contributed by atoms with Crippen molar-refractivity contribution in [2.45, 2.75) is 63.6 Å². The van der Waals surface area contributed by atoms with Gasteiger partial charge in [0.25, 0.3) is 5.91 Å². The summed E-state index contributed by atoms with van der Waals surface area (Å²) in [5.74, 6) is -2.13. The van der Waals surface area contributed by atoms with Crippen LogP contribution in [0.15, 0.2) is 18.2 Å². The number of halogens is 2. The number of rotatable bonds is 5. The van der Waals surface area contributed by atoms with Crippen LogP contribution < -0.4 is 11.1 Å². The fraction of sp³-hybridized carbons (Fsp3) is 0.600. The number of carbonyl (C=O) groups is 2. The molecule has 27 heavy (non-hydrogen) atoms. The lowest BCUT2D eigenvalue weighted by Crippen LogP contribution is -2.50. The van der Waals surface area contributed by atoms with E-state index >= 15 is 0 Å². The maximum absolute atomic E-state index is 14.2. The summed E-state index contributed by atoms with van der Waals surface area (Å²) >= 11 is 0. The number of hydrogen-bond acceptors (Lipinski definition) is 3. The van der Waals surface area contributed by atoms with E-state index in [9.17, 15) is 18.4 Å². The SMILES string of the molecule is CC(N)CCNC(=O)C1CC2CCCCC2N1C(=O)c1ccc(F)cc1F. The first-order valence-corrected chi connectivity index (χ1v) is 9.69. The Hall–Kier alpha value is -2.02. The van der Waals surface area contributed by atoms with Gasteiger partial charge in [0.15, 0.2) is 0 Å². The highest BCUT2D eigenvalue weighted by molar-refractivity contribution is 5.98. The van der Waals surface area contributed by atoms with E-state index in [-0.39, 0.29) is 29.5 Å². The Morgan fingerprint density at radius 3 is 2.74 bits per heavy atom. The summed E-state index contributed by atoms with van der Waals surface area (Å²) in [5.41, 5.74) is 5.54. The molecule has 3 N–H and O–H groups in total. The summed E-state index contributed by atoms with van der Waals surface area (Å²) < 4.78 is 27.4. The van der Waals surface area contributed by atoms with Gasteiger partial charge in [0.1, 0.15) is 17.7 Å². The van der Waals surface area contributed by atoms with E-state index in [4.69, 9.17) is 5.73 Å². The third kappa shape index (κ3) is 4.29. The van der Waals surface area contributed by atoms with Crippen LogP contribution in [-0.4, -0.2) is 41.4 Å². The molecule has 5 nitrogen and oxygen atoms in total. The second-order valence-corrected chi connectivity index (χ2v) is 7.76. The predicted molar refractivity (Wildman–Crippen MR) is 98.0 cm³/mol. The molecule has 2 fully saturated rings. The van der Waals surface area contributed by atoms with E-state index in [0.29, 0.717) is 25.5 Å². The molecular weight excluding hydrogens is 352 g/mol. The number of nitrogens with zero attached hydrogens (tertiary/aromatic N) is 1. The van der Waals surface area contributed by atoms with Gasteiger partial charge in [-0.05, 0) is 50.7 Å². The molecule has 148 valence electrons. The molecule has 0 radical (unpaired) electrons. The molecule has 7 heteroatoms. The molecule has 3 rings (SSSR count). The molecule has 1 saturated heterocycles. The van der Waals surface area contributed by atoms with E-state index in [2.05, 4.69) is 5.32 Å². The Kier molecular flexibility index (Phi) is 6.09. The summed E-state index contributed by atoms with van der Waals surface area (Å²) in [6, 6.07) is 2.22. The molecular formula is C20H27F2N3O2. The van der Waals surface area contributed by atoms with E-state index < -0.39 is 23.6 Å². The lowest BCUT2D eigenvalue weighted by Gasteiger charge is -2.33. The first-order valence-electron chi connectivity index (χ1n) is 9.69. The number of hydrogen-bond donors (Lipinski definition) is 2. The van der Waals surface area contributed by atoms with Crippen molar-refractivity contribution in [2.24, 2.45) is 11.7 Å². The van der Waals surface area contributed by atoms with Crippen molar-refractivity contribution in [3.8, 4) is 0 Å². The fourth-order valence-corrected chi connectivity index (χ4v) is 4.33. The minimum absolute atomic E-state index is 0.0255. The molecule has 1 aromatic carbocycles. The normalized spacial score (nSPS) is 25.8. The Balaban J connectivity index is 1.83. The number of nitrogens with one attached hydrogen (secondary N) is 1. The highest BCUT2D eigenvalue weighted by atomic mass is 19.1. The van der Waals surface area contributed by atoms with Gasteiger partial charge in [-0.1, -0.05) is 12.8 Å². The quantitative estimate of drug-likeness (QED) is 0.826. The number of likely N-dealkylation sites (tertiary alicyclic amines) is 1. The highest BCUT2D eigenvalue weighted by Gasteiger charge is 2.47. The van der Waals surface area contributed by atoms with Gasteiger partial charge in [-0.3, -0.25) is 9.59 Å². The third-order valence-corrected chi connectivity index (χ3v) is 5.69. The van der Waals surface area contributed by atoms with E-state index in [1.54, 1.807) is 4.90 Å². The van der Waals surface area contributed by atoms with E-state index in [1.165, 1.54) is 0 Å². The molecule has 2 aliphatic rings. The van der Waals surface area contributed by atoms with Gasteiger partial charge in [0, 0.05) is 24.7 Å². The molecule has 4 atom stereocenters. The van der Waals surface area contributed by atoms with Gasteiger partial charge < -0.3 is 16.0 Å². The summed E-state index contributed by atoms with van der Waals surface area (Å²) in [4.78, 5) is 27.4. The van der Waals surface area contributed by atoms with Crippen molar-refractivity contribution in [3.05, 3.63) is 35.4 Å². The Labute approximate surface area is 158 Å². The molecule has 1 aliphatic carbocycles. The average molecular weight is 379 g/mol. The van der Waals surface area contributed by atoms with Crippen molar-refractivity contribution in [1.29, 1.82) is 0 Å². The summed E-state index contributed by atoms with van der Waals surface area (Å²) in [6.07, 6.45) is 5.06. The molecule has 4 unspecified atom stereocenters. The fourth-order valence-electron chi connectivity index (χ4n) is 4.33. The first kappa shape index (κ1) is 19.7. The topological polar surface area (TPSA) is 75.4 Å². The van der Waals surface area contributed by atoms with Crippen molar-refractivity contribution >= 4 is 11.8 Å². The van der Waals surface area contributed by atoms with Gasteiger partial charge in [-0.15, -0.1) is 0 Å². The number of carbonyl (C=O) groups excluding carboxylic acids is 2. The van der Waals surface area contributed by atoms with Gasteiger partial charge >= 0.3 is 0 Å². The van der Waals surface area contributed by atoms with Crippen LogP contribution in [0.25, 0.3) is 0 Å². The second-order valence-electron chi connectivity index (χ2n) is 7.76. The number of amides is 2. The Morgan fingerprint density at radius 1 is 1.30 bits per heavy atom. The lowest BCUT2D eigenvalue weighted by molar-refractivity contribution is -0.125. The smallest absolute Gasteiger partial charge is 0.257 e. The standard InChI is InChI=1S/C20H27F2N3O2/c1-12(23)8-9-24-19(26)18-10-13-4-2-3-5-17(13)25(18)20(27)15-7-6-14(21)11-16(15)22/h6-7,11-13,17-18H,2-5,8-10,23H2,1H3,(H,24,26). The monoisotopic (exact) mass is 379 g/mol. The zero-order valence-corrected chi connectivity index (χ0v) is 15.6. The van der Waals surface area contributed by atoms with Gasteiger partial charge in [0.2, 0.25) is 5.91 Å². The van der Waals surface area contributed by atoms with E-state index in [1.807, 2.05) is 6.92 Å². The minimum Gasteiger partial charge on any atom is -0.354 e. The predicted octanol–water partition coefficient (Wildman–Crippen LogP) is 2.59. The van der Waals surface area contributed by atoms with Crippen LogP contribution in [0.5, 0.6) is 0 Å². The van der Waals surface area contributed by atoms with Crippen LogP contribution in [0.2, 0.25) is 0 Å². The molecule has 2 amide bonds. The van der Waals surface area contributed by atoms with Crippen LogP contribution in [0.3, 0.4) is 0 Å². The molecule has 1 saturated carbocycles. The van der Waals surface area contributed by atoms with Crippen LogP contribution in [0.4, 0.5) is 8.78 Å². The van der Waals surface area contributed by atoms with Crippen molar-refractivity contribution < 1.29 is 18.4 Å². The molecule has 0 spiro atoms. The van der Waals surface area contributed by atoms with Gasteiger partial charge in [-0.2, -0.15) is 0 Å². The van der Waals surface area contributed by atoms with Crippen LogP contribution in [0, 0.1) is 17.6 Å². The minimum atomic E-state index is -0.893. The number of fused-ring (bicyclic) bond motifs is 1. The maximum atomic E-state index is 14.2. The van der Waals surface area contributed by atoms with Crippen LogP contribution in [0.1, 0.15) is 55.8 Å². The summed E-state index contributed by atoms with van der Waals surface area (Å²) in [6.45, 7) is 2.30. The molecule has 0 aromatic heterocycles. The third-order valence-electron chi connectivity index (χ3n) is 5.69. The Bertz CT molecular complexity index is 710. The van der Waals surface area contributed by atoms with Crippen LogP contribution in [-0.2, 0) is 4.79 Å². The first-order chi connectivity index (χ1) is 12.9. The number of benzene rings is 1. The van der Waals surface area contributed by atoms with Gasteiger partial charge in [-0.25, -0.2) is 8.78 Å². The number of nitrogens with two attached hydrogens (primary N) is 1. The van der Waals surface area contributed by atoms with Crippen molar-refractivity contribution in [2.75, 3.05) is 6.54 Å². The largest absolute Gasteiger partial charge is 0.354 e. The highest BCUT2D eigenvalue weighted by Crippen LogP contribution is 2.40. The lowest BCUT2D eigenvalue weighted by atomic mass is 9.84. The Morgan fingerprint density at radius 2 is 2.04 bits per heavy atom. The molecule has 1 aliphatic heterocycles. The summed E-state index contributed by atoms with van der Waals surface area (Å²) in [7, 11) is 0. The molecule has 1 heterocycles. The van der Waals surface area contributed by atoms with Crippen LogP contribution >= 0.6 is 0 Å².